The number of hydrogen-bond donors (Lipinski definition) is 1. The molecule has 0 bridgehead atoms. The molecule has 0 spiro atoms. The molecule has 0 saturated carbocycles. The molecule has 1 N–H and O–H groups in total. The molecule has 0 aliphatic heterocycles. The van der Waals surface area contributed by atoms with Crippen molar-refractivity contribution in [3.8, 4) is 5.69 Å². The van der Waals surface area contributed by atoms with Crippen molar-refractivity contribution >= 4 is 50.8 Å². The van der Waals surface area contributed by atoms with E-state index in [0.29, 0.717) is 38.2 Å². The summed E-state index contributed by atoms with van der Waals surface area (Å²) in [5.74, 6) is -0.535. The van der Waals surface area contributed by atoms with Crippen LogP contribution in [-0.4, -0.2) is 21.2 Å². The number of nitrogens with one attached hydrogen (secondary N) is 1. The fourth-order valence-corrected chi connectivity index (χ4v) is 4.89. The highest BCUT2D eigenvalue weighted by molar-refractivity contribution is 7.99. The van der Waals surface area contributed by atoms with Gasteiger partial charge < -0.3 is 5.32 Å². The molecule has 158 valence electrons. The third-order valence-corrected chi connectivity index (χ3v) is 6.81. The van der Waals surface area contributed by atoms with E-state index in [1.807, 2.05) is 18.2 Å². The molecule has 0 aliphatic carbocycles. The first-order valence-electron chi connectivity index (χ1n) is 9.33. The second kappa shape index (κ2) is 9.21. The molecule has 0 saturated heterocycles. The van der Waals surface area contributed by atoms with Crippen LogP contribution in [0.15, 0.2) is 63.9 Å². The molecule has 4 aromatic rings. The number of hydrogen-bond acceptors (Lipinski definition) is 5. The summed E-state index contributed by atoms with van der Waals surface area (Å²) in [5, 5.41) is 5.58. The van der Waals surface area contributed by atoms with Crippen LogP contribution in [0.1, 0.15) is 11.1 Å². The molecule has 1 amide bonds. The Hall–Kier alpha value is -2.68. The van der Waals surface area contributed by atoms with Crippen molar-refractivity contribution in [1.29, 1.82) is 0 Å². The van der Waals surface area contributed by atoms with Crippen LogP contribution in [-0.2, 0) is 11.3 Å². The first kappa shape index (κ1) is 21.5. The van der Waals surface area contributed by atoms with Crippen LogP contribution < -0.4 is 10.9 Å². The maximum Gasteiger partial charge on any atom is 0.276 e. The average molecular weight is 474 g/mol. The van der Waals surface area contributed by atoms with E-state index in [-0.39, 0.29) is 23.0 Å². The van der Waals surface area contributed by atoms with Gasteiger partial charge in [0.1, 0.15) is 10.5 Å². The Morgan fingerprint density at radius 1 is 1.26 bits per heavy atom. The summed E-state index contributed by atoms with van der Waals surface area (Å²) in [6.07, 6.45) is 0. The second-order valence-corrected chi connectivity index (χ2v) is 9.02. The molecule has 0 radical (unpaired) electrons. The average Bonchev–Trinajstić information content (AvgIpc) is 3.21. The number of amides is 1. The van der Waals surface area contributed by atoms with Gasteiger partial charge >= 0.3 is 0 Å². The van der Waals surface area contributed by atoms with Crippen molar-refractivity contribution in [3.63, 3.8) is 0 Å². The van der Waals surface area contributed by atoms with Gasteiger partial charge in [-0.2, -0.15) is 0 Å². The van der Waals surface area contributed by atoms with Crippen LogP contribution in [0.3, 0.4) is 0 Å². The number of rotatable bonds is 6. The number of carbonyl (C=O) groups excluding carboxylic acids is 1. The van der Waals surface area contributed by atoms with E-state index in [2.05, 4.69) is 10.3 Å². The Morgan fingerprint density at radius 3 is 2.84 bits per heavy atom. The minimum Gasteiger partial charge on any atom is -0.351 e. The first-order valence-corrected chi connectivity index (χ1v) is 11.6. The van der Waals surface area contributed by atoms with Gasteiger partial charge in [-0.05, 0) is 53.8 Å². The zero-order valence-electron chi connectivity index (χ0n) is 16.4. The standard InChI is InChI=1S/C22H17ClFN3O2S2/c1-13-10-15(24)6-7-18(13)27-21(29)20-17(8-9-30-20)26-22(27)31-12-19(28)25-11-14-4-2-3-5-16(14)23/h2-10H,11-12H2,1H3,(H,25,28). The minimum atomic E-state index is -0.382. The Bertz CT molecular complexity index is 1340. The van der Waals surface area contributed by atoms with Crippen LogP contribution >= 0.6 is 34.7 Å². The summed E-state index contributed by atoms with van der Waals surface area (Å²) in [6.45, 7) is 2.04. The highest BCUT2D eigenvalue weighted by Crippen LogP contribution is 2.25. The summed E-state index contributed by atoms with van der Waals surface area (Å²) in [5.41, 5.74) is 2.29. The van der Waals surface area contributed by atoms with Crippen molar-refractivity contribution in [2.24, 2.45) is 0 Å². The topological polar surface area (TPSA) is 64.0 Å². The maximum absolute atomic E-state index is 13.6. The molecule has 5 nitrogen and oxygen atoms in total. The van der Waals surface area contributed by atoms with E-state index in [4.69, 9.17) is 11.6 Å². The van der Waals surface area contributed by atoms with Gasteiger partial charge in [0, 0.05) is 11.6 Å². The van der Waals surface area contributed by atoms with E-state index in [1.165, 1.54) is 28.0 Å². The fourth-order valence-electron chi connectivity index (χ4n) is 3.09. The summed E-state index contributed by atoms with van der Waals surface area (Å²) in [7, 11) is 0. The third kappa shape index (κ3) is 4.66. The van der Waals surface area contributed by atoms with Gasteiger partial charge in [0.05, 0.1) is 17.0 Å². The van der Waals surface area contributed by atoms with Crippen molar-refractivity contribution in [3.05, 3.63) is 86.2 Å². The number of aryl methyl sites for hydroxylation is 1. The summed E-state index contributed by atoms with van der Waals surface area (Å²) in [6, 6.07) is 13.3. The number of benzene rings is 2. The van der Waals surface area contributed by atoms with Crippen LogP contribution in [0.5, 0.6) is 0 Å². The van der Waals surface area contributed by atoms with Crippen molar-refractivity contribution in [1.82, 2.24) is 14.9 Å². The van der Waals surface area contributed by atoms with Gasteiger partial charge in [0.15, 0.2) is 5.16 Å². The lowest BCUT2D eigenvalue weighted by molar-refractivity contribution is -0.118. The Labute approximate surface area is 190 Å². The Balaban J connectivity index is 1.60. The first-order chi connectivity index (χ1) is 14.9. The molecular formula is C22H17ClFN3O2S2. The smallest absolute Gasteiger partial charge is 0.276 e. The minimum absolute atomic E-state index is 0.0623. The molecule has 2 aromatic heterocycles. The molecule has 2 heterocycles. The third-order valence-electron chi connectivity index (χ3n) is 4.62. The molecule has 4 rings (SSSR count). The van der Waals surface area contributed by atoms with Gasteiger partial charge in [0.25, 0.3) is 5.56 Å². The largest absolute Gasteiger partial charge is 0.351 e. The predicted molar refractivity (Wildman–Crippen MR) is 124 cm³/mol. The van der Waals surface area contributed by atoms with Crippen LogP contribution in [0, 0.1) is 12.7 Å². The zero-order chi connectivity index (χ0) is 22.0. The number of fused-ring (bicyclic) bond motifs is 1. The molecule has 2 aromatic carbocycles. The van der Waals surface area contributed by atoms with E-state index in [0.717, 1.165) is 17.3 Å². The lowest BCUT2D eigenvalue weighted by Crippen LogP contribution is -2.26. The van der Waals surface area contributed by atoms with E-state index >= 15 is 0 Å². The van der Waals surface area contributed by atoms with Gasteiger partial charge in [-0.25, -0.2) is 9.37 Å². The molecule has 0 atom stereocenters. The number of thiophene rings is 1. The maximum atomic E-state index is 13.6. The van der Waals surface area contributed by atoms with Crippen LogP contribution in [0.2, 0.25) is 5.02 Å². The van der Waals surface area contributed by atoms with Gasteiger partial charge in [-0.3, -0.25) is 14.2 Å². The molecule has 0 aliphatic rings. The van der Waals surface area contributed by atoms with Crippen molar-refractivity contribution in [2.75, 3.05) is 5.75 Å². The number of thioether (sulfide) groups is 1. The second-order valence-electron chi connectivity index (χ2n) is 6.76. The fraction of sp³-hybridized carbons (Fsp3) is 0.136. The zero-order valence-corrected chi connectivity index (χ0v) is 18.8. The number of aromatic nitrogens is 2. The van der Waals surface area contributed by atoms with Crippen LogP contribution in [0.25, 0.3) is 15.9 Å². The molecule has 0 unspecified atom stereocenters. The predicted octanol–water partition coefficient (Wildman–Crippen LogP) is 4.96. The van der Waals surface area contributed by atoms with E-state index in [9.17, 15) is 14.0 Å². The highest BCUT2D eigenvalue weighted by Gasteiger charge is 2.17. The van der Waals surface area contributed by atoms with Crippen LogP contribution in [0.4, 0.5) is 4.39 Å². The van der Waals surface area contributed by atoms with Gasteiger partial charge in [-0.1, -0.05) is 41.6 Å². The number of nitrogens with zero attached hydrogens (tertiary/aromatic N) is 2. The Morgan fingerprint density at radius 2 is 2.06 bits per heavy atom. The SMILES string of the molecule is Cc1cc(F)ccc1-n1c(SCC(=O)NCc2ccccc2Cl)nc2ccsc2c1=O. The van der Waals surface area contributed by atoms with Gasteiger partial charge in [0.2, 0.25) is 5.91 Å². The van der Waals surface area contributed by atoms with Crippen molar-refractivity contribution < 1.29 is 9.18 Å². The summed E-state index contributed by atoms with van der Waals surface area (Å²) >= 11 is 8.58. The molecule has 9 heteroatoms. The number of halogens is 2. The summed E-state index contributed by atoms with van der Waals surface area (Å²) < 4.78 is 15.6. The number of carbonyl (C=O) groups is 1. The Kier molecular flexibility index (Phi) is 6.41. The van der Waals surface area contributed by atoms with E-state index < -0.39 is 0 Å². The lowest BCUT2D eigenvalue weighted by atomic mass is 10.2. The molecule has 31 heavy (non-hydrogen) atoms. The molecule has 0 fully saturated rings. The quantitative estimate of drug-likeness (QED) is 0.317. The van der Waals surface area contributed by atoms with Crippen molar-refractivity contribution in [2.45, 2.75) is 18.6 Å². The van der Waals surface area contributed by atoms with Gasteiger partial charge in [-0.15, -0.1) is 11.3 Å². The molecular weight excluding hydrogens is 457 g/mol. The summed E-state index contributed by atoms with van der Waals surface area (Å²) in [4.78, 5) is 30.2. The van der Waals surface area contributed by atoms with E-state index in [1.54, 1.807) is 30.5 Å². The highest BCUT2D eigenvalue weighted by atomic mass is 35.5. The normalized spacial score (nSPS) is 11.1. The monoisotopic (exact) mass is 473 g/mol. The lowest BCUT2D eigenvalue weighted by Gasteiger charge is -2.14.